The molecule has 1 heterocycles. The van der Waals surface area contributed by atoms with Gasteiger partial charge in [0.15, 0.2) is 5.78 Å². The molecule has 3 heteroatoms. The van der Waals surface area contributed by atoms with Gasteiger partial charge in [0.1, 0.15) is 0 Å². The van der Waals surface area contributed by atoms with Crippen LogP contribution in [0, 0.1) is 0 Å². The van der Waals surface area contributed by atoms with Crippen LogP contribution in [0.25, 0.3) is 10.9 Å². The summed E-state index contributed by atoms with van der Waals surface area (Å²) in [6.07, 6.45) is 1.58. The molecule has 0 spiro atoms. The summed E-state index contributed by atoms with van der Waals surface area (Å²) in [6.45, 7) is 1.52. The molecule has 1 unspecified atom stereocenters. The van der Waals surface area contributed by atoms with Crippen LogP contribution in [-0.4, -0.2) is 22.5 Å². The number of aliphatic hydroxyl groups is 1. The van der Waals surface area contributed by atoms with Gasteiger partial charge in [-0.05, 0) is 24.6 Å². The van der Waals surface area contributed by atoms with E-state index < -0.39 is 5.41 Å². The molecule has 0 saturated carbocycles. The van der Waals surface area contributed by atoms with Crippen molar-refractivity contribution >= 4 is 16.7 Å². The zero-order valence-corrected chi connectivity index (χ0v) is 12.4. The van der Waals surface area contributed by atoms with Crippen LogP contribution < -0.4 is 0 Å². The number of benzene rings is 2. The number of rotatable bonds is 4. The van der Waals surface area contributed by atoms with Crippen molar-refractivity contribution in [2.24, 2.45) is 0 Å². The van der Waals surface area contributed by atoms with Gasteiger partial charge in [-0.15, -0.1) is 0 Å². The first kappa shape index (κ1) is 14.4. The van der Waals surface area contributed by atoms with Gasteiger partial charge in [-0.25, -0.2) is 0 Å². The summed E-state index contributed by atoms with van der Waals surface area (Å²) in [5.74, 6) is -0.126. The topological polar surface area (TPSA) is 50.2 Å². The van der Waals surface area contributed by atoms with E-state index in [1.807, 2.05) is 60.7 Å². The van der Waals surface area contributed by atoms with Crippen LogP contribution in [0.15, 0.2) is 66.9 Å². The van der Waals surface area contributed by atoms with Gasteiger partial charge in [0.05, 0.1) is 17.5 Å². The van der Waals surface area contributed by atoms with Crippen molar-refractivity contribution in [3.05, 3.63) is 78.0 Å². The quantitative estimate of drug-likeness (QED) is 0.750. The molecule has 1 N–H and O–H groups in total. The second kappa shape index (κ2) is 5.70. The van der Waals surface area contributed by atoms with Gasteiger partial charge in [0.25, 0.3) is 0 Å². The number of hydrogen-bond acceptors (Lipinski definition) is 3. The Labute approximate surface area is 129 Å². The molecule has 0 aliphatic carbocycles. The van der Waals surface area contributed by atoms with Gasteiger partial charge >= 0.3 is 0 Å². The molecular formula is C19H17NO2. The van der Waals surface area contributed by atoms with Crippen molar-refractivity contribution in [2.75, 3.05) is 6.61 Å². The number of para-hydroxylation sites is 1. The minimum Gasteiger partial charge on any atom is -0.395 e. The van der Waals surface area contributed by atoms with E-state index in [1.165, 1.54) is 0 Å². The molecule has 0 saturated heterocycles. The second-order valence-electron chi connectivity index (χ2n) is 5.60. The minimum absolute atomic E-state index is 0.126. The molecule has 0 radical (unpaired) electrons. The number of carbonyl (C=O) groups is 1. The molecule has 0 aliphatic rings. The molecule has 0 fully saturated rings. The largest absolute Gasteiger partial charge is 0.395 e. The molecule has 0 aliphatic heterocycles. The van der Waals surface area contributed by atoms with E-state index in [9.17, 15) is 9.90 Å². The van der Waals surface area contributed by atoms with Crippen LogP contribution in [-0.2, 0) is 5.41 Å². The predicted molar refractivity (Wildman–Crippen MR) is 87.0 cm³/mol. The van der Waals surface area contributed by atoms with Crippen molar-refractivity contribution in [1.29, 1.82) is 0 Å². The molecule has 0 bridgehead atoms. The van der Waals surface area contributed by atoms with E-state index in [0.717, 1.165) is 16.5 Å². The standard InChI is InChI=1S/C19H17NO2/c1-19(13-21,16-8-3-2-4-9-16)18(22)15-11-14-7-5-6-10-17(14)20-12-15/h2-12,21H,13H2,1H3. The lowest BCUT2D eigenvalue weighted by Gasteiger charge is -2.26. The van der Waals surface area contributed by atoms with Gasteiger partial charge in [-0.1, -0.05) is 48.5 Å². The van der Waals surface area contributed by atoms with Crippen molar-refractivity contribution in [1.82, 2.24) is 4.98 Å². The summed E-state index contributed by atoms with van der Waals surface area (Å²) in [4.78, 5) is 17.3. The van der Waals surface area contributed by atoms with Gasteiger partial charge in [0, 0.05) is 17.1 Å². The Morgan fingerprint density at radius 3 is 2.50 bits per heavy atom. The van der Waals surface area contributed by atoms with Gasteiger partial charge in [0.2, 0.25) is 0 Å². The van der Waals surface area contributed by atoms with Crippen molar-refractivity contribution in [3.63, 3.8) is 0 Å². The summed E-state index contributed by atoms with van der Waals surface area (Å²) in [6, 6.07) is 18.9. The second-order valence-corrected chi connectivity index (χ2v) is 5.60. The van der Waals surface area contributed by atoms with E-state index in [-0.39, 0.29) is 12.4 Å². The average Bonchev–Trinajstić information content (AvgIpc) is 2.60. The highest BCUT2D eigenvalue weighted by atomic mass is 16.3. The third-order valence-corrected chi connectivity index (χ3v) is 4.08. The van der Waals surface area contributed by atoms with E-state index in [4.69, 9.17) is 0 Å². The first-order chi connectivity index (χ1) is 10.6. The summed E-state index contributed by atoms with van der Waals surface area (Å²) in [7, 11) is 0. The molecule has 0 amide bonds. The van der Waals surface area contributed by atoms with Crippen LogP contribution >= 0.6 is 0 Å². The Kier molecular flexibility index (Phi) is 3.73. The van der Waals surface area contributed by atoms with Crippen LogP contribution in [0.1, 0.15) is 22.8 Å². The predicted octanol–water partition coefficient (Wildman–Crippen LogP) is 3.37. The van der Waals surface area contributed by atoms with Crippen molar-refractivity contribution < 1.29 is 9.90 Å². The maximum absolute atomic E-state index is 12.9. The van der Waals surface area contributed by atoms with Gasteiger partial charge in [-0.3, -0.25) is 9.78 Å². The SMILES string of the molecule is CC(CO)(C(=O)c1cnc2ccccc2c1)c1ccccc1. The lowest BCUT2D eigenvalue weighted by atomic mass is 9.77. The molecule has 3 nitrogen and oxygen atoms in total. The monoisotopic (exact) mass is 291 g/mol. The molecule has 1 aromatic heterocycles. The smallest absolute Gasteiger partial charge is 0.176 e. The third-order valence-electron chi connectivity index (χ3n) is 4.08. The van der Waals surface area contributed by atoms with E-state index in [0.29, 0.717) is 5.56 Å². The first-order valence-electron chi connectivity index (χ1n) is 7.21. The fourth-order valence-electron chi connectivity index (χ4n) is 2.61. The number of carbonyl (C=O) groups excluding carboxylic acids is 1. The maximum atomic E-state index is 12.9. The normalized spacial score (nSPS) is 13.7. The molecule has 3 aromatic rings. The molecular weight excluding hydrogens is 274 g/mol. The number of pyridine rings is 1. The molecule has 22 heavy (non-hydrogen) atoms. The Balaban J connectivity index is 2.06. The lowest BCUT2D eigenvalue weighted by Crippen LogP contribution is -2.36. The highest BCUT2D eigenvalue weighted by Gasteiger charge is 2.35. The molecule has 1 atom stereocenters. The number of ketones is 1. The number of aliphatic hydroxyl groups excluding tert-OH is 1. The summed E-state index contributed by atoms with van der Waals surface area (Å²) < 4.78 is 0. The van der Waals surface area contributed by atoms with E-state index in [1.54, 1.807) is 13.1 Å². The number of Topliss-reactive ketones (excluding diaryl/α,β-unsaturated/α-hetero) is 1. The Bertz CT molecular complexity index is 814. The van der Waals surface area contributed by atoms with Gasteiger partial charge < -0.3 is 5.11 Å². The van der Waals surface area contributed by atoms with Crippen LogP contribution in [0.5, 0.6) is 0 Å². The van der Waals surface area contributed by atoms with Crippen LogP contribution in [0.3, 0.4) is 0 Å². The number of fused-ring (bicyclic) bond motifs is 1. The fourth-order valence-corrected chi connectivity index (χ4v) is 2.61. The number of nitrogens with zero attached hydrogens (tertiary/aromatic N) is 1. The summed E-state index contributed by atoms with van der Waals surface area (Å²) in [5, 5.41) is 10.8. The highest BCUT2D eigenvalue weighted by Crippen LogP contribution is 2.28. The van der Waals surface area contributed by atoms with Crippen molar-refractivity contribution in [2.45, 2.75) is 12.3 Å². The number of hydrogen-bond donors (Lipinski definition) is 1. The van der Waals surface area contributed by atoms with Crippen molar-refractivity contribution in [3.8, 4) is 0 Å². The Morgan fingerprint density at radius 2 is 1.77 bits per heavy atom. The van der Waals surface area contributed by atoms with E-state index >= 15 is 0 Å². The fraction of sp³-hybridized carbons (Fsp3) is 0.158. The first-order valence-corrected chi connectivity index (χ1v) is 7.21. The Hall–Kier alpha value is -2.52. The molecule has 3 rings (SSSR count). The number of aromatic nitrogens is 1. The third kappa shape index (κ3) is 2.40. The molecule has 110 valence electrons. The maximum Gasteiger partial charge on any atom is 0.176 e. The highest BCUT2D eigenvalue weighted by molar-refractivity contribution is 6.05. The molecule has 2 aromatic carbocycles. The summed E-state index contributed by atoms with van der Waals surface area (Å²) in [5.41, 5.74) is 1.20. The average molecular weight is 291 g/mol. The van der Waals surface area contributed by atoms with E-state index in [2.05, 4.69) is 4.98 Å². The zero-order chi connectivity index (χ0) is 15.6. The van der Waals surface area contributed by atoms with Crippen LogP contribution in [0.4, 0.5) is 0 Å². The van der Waals surface area contributed by atoms with Gasteiger partial charge in [-0.2, -0.15) is 0 Å². The minimum atomic E-state index is -0.967. The zero-order valence-electron chi connectivity index (χ0n) is 12.4. The lowest BCUT2D eigenvalue weighted by molar-refractivity contribution is 0.0823. The Morgan fingerprint density at radius 1 is 1.09 bits per heavy atom. The van der Waals surface area contributed by atoms with Crippen LogP contribution in [0.2, 0.25) is 0 Å². The summed E-state index contributed by atoms with van der Waals surface area (Å²) >= 11 is 0.